The lowest BCUT2D eigenvalue weighted by atomic mass is 10.2. The summed E-state index contributed by atoms with van der Waals surface area (Å²) in [5.41, 5.74) is -0.579. The van der Waals surface area contributed by atoms with Crippen molar-refractivity contribution < 1.29 is 32.3 Å². The molecule has 10 heteroatoms. The fraction of sp³-hybridized carbons (Fsp3) is 0.400. The molecule has 2 atom stereocenters. The van der Waals surface area contributed by atoms with E-state index in [0.29, 0.717) is 12.6 Å². The van der Waals surface area contributed by atoms with Crippen LogP contribution in [0.25, 0.3) is 11.5 Å². The number of amides is 1. The molecule has 7 nitrogen and oxygen atoms in total. The van der Waals surface area contributed by atoms with Crippen LogP contribution in [0.4, 0.5) is 13.2 Å². The molecular weight excluding hydrogens is 343 g/mol. The Morgan fingerprint density at radius 3 is 2.76 bits per heavy atom. The highest BCUT2D eigenvalue weighted by Gasteiger charge is 2.31. The minimum atomic E-state index is -1.71. The van der Waals surface area contributed by atoms with E-state index >= 15 is 0 Å². The number of hydrogen-bond donors (Lipinski definition) is 1. The van der Waals surface area contributed by atoms with Crippen molar-refractivity contribution in [3.05, 3.63) is 29.3 Å². The van der Waals surface area contributed by atoms with Gasteiger partial charge in [-0.1, -0.05) is 5.16 Å². The predicted octanol–water partition coefficient (Wildman–Crippen LogP) is 2.00. The van der Waals surface area contributed by atoms with Crippen molar-refractivity contribution in [1.82, 2.24) is 15.0 Å². The summed E-state index contributed by atoms with van der Waals surface area (Å²) >= 11 is 0. The second-order valence-corrected chi connectivity index (χ2v) is 5.71. The molecule has 0 aliphatic carbocycles. The lowest BCUT2D eigenvalue weighted by Gasteiger charge is -2.34. The minimum absolute atomic E-state index is 0.0162. The van der Waals surface area contributed by atoms with Gasteiger partial charge in [0.1, 0.15) is 6.10 Å². The number of nitrogens with zero attached hydrogens (tertiary/aromatic N) is 3. The van der Waals surface area contributed by atoms with Gasteiger partial charge in [0.15, 0.2) is 23.2 Å². The maximum atomic E-state index is 13.9. The highest BCUT2D eigenvalue weighted by atomic mass is 19.2. The van der Waals surface area contributed by atoms with E-state index in [4.69, 9.17) is 9.26 Å². The van der Waals surface area contributed by atoms with Crippen molar-refractivity contribution in [3.8, 4) is 17.2 Å². The van der Waals surface area contributed by atoms with Gasteiger partial charge >= 0.3 is 0 Å². The highest BCUT2D eigenvalue weighted by Crippen LogP contribution is 2.31. The predicted molar refractivity (Wildman–Crippen MR) is 76.7 cm³/mol. The molecule has 25 heavy (non-hydrogen) atoms. The number of phenols is 1. The fourth-order valence-corrected chi connectivity index (χ4v) is 2.59. The van der Waals surface area contributed by atoms with E-state index in [1.54, 1.807) is 13.8 Å². The fourth-order valence-electron chi connectivity index (χ4n) is 2.59. The van der Waals surface area contributed by atoms with Crippen LogP contribution in [0.5, 0.6) is 5.75 Å². The molecule has 1 N–H and O–H groups in total. The molecular formula is C15H14F3N3O4. The van der Waals surface area contributed by atoms with Gasteiger partial charge in [-0.15, -0.1) is 0 Å². The summed E-state index contributed by atoms with van der Waals surface area (Å²) < 4.78 is 50.6. The Kier molecular flexibility index (Phi) is 4.38. The van der Waals surface area contributed by atoms with Gasteiger partial charge in [-0.05, 0) is 19.9 Å². The lowest BCUT2D eigenvalue weighted by molar-refractivity contribution is -0.159. The monoisotopic (exact) mass is 357 g/mol. The molecule has 0 spiro atoms. The van der Waals surface area contributed by atoms with Crippen molar-refractivity contribution >= 4 is 5.91 Å². The number of carbonyl (C=O) groups excluding carboxylic acids is 1. The summed E-state index contributed by atoms with van der Waals surface area (Å²) in [6.07, 6.45) is -0.796. The summed E-state index contributed by atoms with van der Waals surface area (Å²) in [4.78, 5) is 17.4. The molecule has 0 radical (unpaired) electrons. The number of ether oxygens (including phenoxy) is 1. The summed E-state index contributed by atoms with van der Waals surface area (Å²) in [6.45, 7) is 3.72. The van der Waals surface area contributed by atoms with Crippen LogP contribution in [0.3, 0.4) is 0 Å². The Bertz CT molecular complexity index is 827. The van der Waals surface area contributed by atoms with Crippen LogP contribution in [-0.4, -0.2) is 44.8 Å². The first-order valence-electron chi connectivity index (χ1n) is 7.41. The standard InChI is InChI=1S/C15H14F3N3O4/c1-6-4-21(15(23)7(2)24-6)5-10-19-14(25-20-10)8-3-9(16)12(18)13(22)11(8)17/h3,6-7,22H,4-5H2,1-2H3/t6-,7?/m0/s1. The molecule has 2 aromatic rings. The number of carbonyl (C=O) groups is 1. The summed E-state index contributed by atoms with van der Waals surface area (Å²) in [6, 6.07) is 0.506. The zero-order valence-electron chi connectivity index (χ0n) is 13.3. The van der Waals surface area contributed by atoms with Crippen molar-refractivity contribution in [2.45, 2.75) is 32.6 Å². The first kappa shape index (κ1) is 17.2. The Labute approximate surface area is 140 Å². The van der Waals surface area contributed by atoms with Gasteiger partial charge < -0.3 is 19.3 Å². The van der Waals surface area contributed by atoms with Gasteiger partial charge in [-0.2, -0.15) is 9.37 Å². The zero-order chi connectivity index (χ0) is 18.3. The second-order valence-electron chi connectivity index (χ2n) is 5.71. The molecule has 1 aromatic carbocycles. The summed E-state index contributed by atoms with van der Waals surface area (Å²) in [7, 11) is 0. The van der Waals surface area contributed by atoms with E-state index in [1.807, 2.05) is 0 Å². The van der Waals surface area contributed by atoms with Gasteiger partial charge in [0.25, 0.3) is 11.8 Å². The van der Waals surface area contributed by atoms with Crippen LogP contribution < -0.4 is 0 Å². The molecule has 1 aliphatic heterocycles. The third-order valence-electron chi connectivity index (χ3n) is 3.74. The largest absolute Gasteiger partial charge is 0.503 e. The topological polar surface area (TPSA) is 88.7 Å². The molecule has 0 saturated carbocycles. The number of benzene rings is 1. The van der Waals surface area contributed by atoms with Crippen LogP contribution in [0.15, 0.2) is 10.6 Å². The minimum Gasteiger partial charge on any atom is -0.503 e. The third-order valence-corrected chi connectivity index (χ3v) is 3.74. The van der Waals surface area contributed by atoms with Crippen LogP contribution in [0.1, 0.15) is 19.7 Å². The molecule has 1 aliphatic rings. The van der Waals surface area contributed by atoms with Crippen molar-refractivity contribution in [1.29, 1.82) is 0 Å². The smallest absolute Gasteiger partial charge is 0.261 e. The molecule has 1 fully saturated rings. The van der Waals surface area contributed by atoms with E-state index < -0.39 is 40.8 Å². The Hall–Kier alpha value is -2.62. The number of phenolic OH excluding ortho intramolecular Hbond substituents is 1. The van der Waals surface area contributed by atoms with E-state index in [9.17, 15) is 23.1 Å². The number of aromatic hydroxyl groups is 1. The van der Waals surface area contributed by atoms with Crippen LogP contribution in [0.2, 0.25) is 0 Å². The Morgan fingerprint density at radius 1 is 1.32 bits per heavy atom. The average Bonchev–Trinajstić information content (AvgIpc) is 3.02. The molecule has 0 bridgehead atoms. The van der Waals surface area contributed by atoms with Crippen LogP contribution >= 0.6 is 0 Å². The van der Waals surface area contributed by atoms with Crippen molar-refractivity contribution in [2.75, 3.05) is 6.54 Å². The molecule has 2 heterocycles. The zero-order valence-corrected chi connectivity index (χ0v) is 13.3. The molecule has 1 aromatic heterocycles. The lowest BCUT2D eigenvalue weighted by Crippen LogP contribution is -2.49. The molecule has 134 valence electrons. The van der Waals surface area contributed by atoms with Gasteiger partial charge in [0.2, 0.25) is 5.82 Å². The molecule has 1 unspecified atom stereocenters. The van der Waals surface area contributed by atoms with E-state index in [0.717, 1.165) is 0 Å². The number of rotatable bonds is 3. The summed E-state index contributed by atoms with van der Waals surface area (Å²) in [5, 5.41) is 12.9. The number of halogens is 3. The first-order chi connectivity index (χ1) is 11.8. The maximum Gasteiger partial charge on any atom is 0.261 e. The average molecular weight is 357 g/mol. The van der Waals surface area contributed by atoms with Crippen molar-refractivity contribution in [2.24, 2.45) is 0 Å². The Morgan fingerprint density at radius 2 is 2.04 bits per heavy atom. The molecule has 1 amide bonds. The SMILES string of the molecule is CC1O[C@@H](C)CN(Cc2noc(-c3cc(F)c(F)c(O)c3F)n2)C1=O. The number of morpholine rings is 1. The number of aromatic nitrogens is 2. The highest BCUT2D eigenvalue weighted by molar-refractivity contribution is 5.81. The maximum absolute atomic E-state index is 13.9. The Balaban J connectivity index is 1.85. The van der Waals surface area contributed by atoms with Gasteiger partial charge in [-0.3, -0.25) is 4.79 Å². The van der Waals surface area contributed by atoms with Gasteiger partial charge in [-0.25, -0.2) is 8.78 Å². The normalized spacial score (nSPS) is 21.0. The molecule has 1 saturated heterocycles. The van der Waals surface area contributed by atoms with Crippen LogP contribution in [0, 0.1) is 17.5 Å². The van der Waals surface area contributed by atoms with Gasteiger partial charge in [0, 0.05) is 6.54 Å². The van der Waals surface area contributed by atoms with E-state index in [-0.39, 0.29) is 24.4 Å². The first-order valence-corrected chi connectivity index (χ1v) is 7.41. The van der Waals surface area contributed by atoms with Crippen LogP contribution in [-0.2, 0) is 16.1 Å². The quantitative estimate of drug-likeness (QED) is 0.846. The van der Waals surface area contributed by atoms with Crippen molar-refractivity contribution in [3.63, 3.8) is 0 Å². The van der Waals surface area contributed by atoms with E-state index in [1.165, 1.54) is 4.90 Å². The molecule has 3 rings (SSSR count). The van der Waals surface area contributed by atoms with E-state index in [2.05, 4.69) is 10.1 Å². The van der Waals surface area contributed by atoms with Gasteiger partial charge in [0.05, 0.1) is 18.2 Å². The second kappa shape index (κ2) is 6.36. The summed E-state index contributed by atoms with van der Waals surface area (Å²) in [5.74, 6) is -6.71. The number of hydrogen-bond acceptors (Lipinski definition) is 6. The third kappa shape index (κ3) is 3.16.